The molecule has 0 atom stereocenters. The third-order valence-electron chi connectivity index (χ3n) is 2.21. The lowest BCUT2D eigenvalue weighted by Crippen LogP contribution is -2.25. The first-order valence-corrected chi connectivity index (χ1v) is 4.54. The lowest BCUT2D eigenvalue weighted by atomic mass is 10.0. The summed E-state index contributed by atoms with van der Waals surface area (Å²) in [7, 11) is 0. The molecule has 0 spiro atoms. The fourth-order valence-corrected chi connectivity index (χ4v) is 1.39. The third-order valence-corrected chi connectivity index (χ3v) is 2.21. The first-order valence-electron chi connectivity index (χ1n) is 4.54. The summed E-state index contributed by atoms with van der Waals surface area (Å²) in [5.41, 5.74) is 3.77. The highest BCUT2D eigenvalue weighted by molar-refractivity contribution is 6.04. The fourth-order valence-electron chi connectivity index (χ4n) is 1.39. The molecule has 5 heteroatoms. The number of rotatable bonds is 1. The molecule has 0 aliphatic carbocycles. The minimum Gasteiger partial charge on any atom is -0.504 e. The van der Waals surface area contributed by atoms with Gasteiger partial charge in [-0.3, -0.25) is 4.79 Å². The first-order chi connectivity index (χ1) is 7.16. The van der Waals surface area contributed by atoms with Crippen LogP contribution in [0.2, 0.25) is 0 Å². The summed E-state index contributed by atoms with van der Waals surface area (Å²) in [5, 5.41) is 22.3. The Hall–Kier alpha value is -2.04. The predicted molar refractivity (Wildman–Crippen MR) is 53.7 cm³/mol. The predicted octanol–water partition coefficient (Wildman–Crippen LogP) is 0.712. The van der Waals surface area contributed by atoms with Gasteiger partial charge in [0.15, 0.2) is 11.5 Å². The molecule has 5 nitrogen and oxygen atoms in total. The van der Waals surface area contributed by atoms with Crippen LogP contribution in [0.1, 0.15) is 18.4 Å². The molecule has 0 fully saturated rings. The van der Waals surface area contributed by atoms with Crippen molar-refractivity contribution in [3.8, 4) is 11.5 Å². The Labute approximate surface area is 86.1 Å². The van der Waals surface area contributed by atoms with Crippen LogP contribution < -0.4 is 5.43 Å². The number of benzene rings is 1. The molecule has 0 unspecified atom stereocenters. The van der Waals surface area contributed by atoms with Gasteiger partial charge in [0.25, 0.3) is 0 Å². The molecule has 0 saturated carbocycles. The van der Waals surface area contributed by atoms with Gasteiger partial charge in [-0.1, -0.05) is 0 Å². The molecule has 1 amide bonds. The summed E-state index contributed by atoms with van der Waals surface area (Å²) >= 11 is 0. The van der Waals surface area contributed by atoms with E-state index in [0.29, 0.717) is 24.1 Å². The van der Waals surface area contributed by atoms with Crippen LogP contribution in [0, 0.1) is 0 Å². The molecule has 1 aromatic carbocycles. The minimum atomic E-state index is -0.188. The zero-order valence-corrected chi connectivity index (χ0v) is 7.90. The lowest BCUT2D eigenvalue weighted by molar-refractivity contribution is -0.121. The average molecular weight is 206 g/mol. The SMILES string of the molecule is O=C1CCC(c2ccc(O)c(O)c2)=NN1. The van der Waals surface area contributed by atoms with E-state index in [4.69, 9.17) is 5.11 Å². The second-order valence-electron chi connectivity index (χ2n) is 3.30. The smallest absolute Gasteiger partial charge is 0.240 e. The van der Waals surface area contributed by atoms with Crippen LogP contribution in [0.15, 0.2) is 23.3 Å². The van der Waals surface area contributed by atoms with Crippen molar-refractivity contribution in [2.24, 2.45) is 5.10 Å². The van der Waals surface area contributed by atoms with E-state index in [-0.39, 0.29) is 17.4 Å². The summed E-state index contributed by atoms with van der Waals surface area (Å²) in [4.78, 5) is 10.9. The molecule has 0 bridgehead atoms. The normalized spacial score (nSPS) is 15.7. The zero-order chi connectivity index (χ0) is 10.8. The maximum atomic E-state index is 10.9. The number of nitrogens with zero attached hydrogens (tertiary/aromatic N) is 1. The van der Waals surface area contributed by atoms with E-state index in [1.807, 2.05) is 0 Å². The first kappa shape index (κ1) is 9.51. The largest absolute Gasteiger partial charge is 0.504 e. The summed E-state index contributed by atoms with van der Waals surface area (Å²) < 4.78 is 0. The van der Waals surface area contributed by atoms with E-state index < -0.39 is 0 Å². The van der Waals surface area contributed by atoms with Crippen molar-refractivity contribution in [3.63, 3.8) is 0 Å². The van der Waals surface area contributed by atoms with Gasteiger partial charge in [-0.15, -0.1) is 0 Å². The second-order valence-corrected chi connectivity index (χ2v) is 3.30. The van der Waals surface area contributed by atoms with Crippen LogP contribution in [0.25, 0.3) is 0 Å². The van der Waals surface area contributed by atoms with E-state index >= 15 is 0 Å². The van der Waals surface area contributed by atoms with Crippen LogP contribution in [0.3, 0.4) is 0 Å². The van der Waals surface area contributed by atoms with Crippen molar-refractivity contribution >= 4 is 11.6 Å². The van der Waals surface area contributed by atoms with Gasteiger partial charge in [-0.2, -0.15) is 5.10 Å². The van der Waals surface area contributed by atoms with E-state index in [1.165, 1.54) is 12.1 Å². The number of carbonyl (C=O) groups is 1. The Morgan fingerprint density at radius 3 is 2.60 bits per heavy atom. The van der Waals surface area contributed by atoms with Gasteiger partial charge >= 0.3 is 0 Å². The Bertz CT molecular complexity index is 440. The standard InChI is InChI=1S/C10H10N2O3/c13-8-3-1-6(5-9(8)14)7-2-4-10(15)12-11-7/h1,3,5,13-14H,2,4H2,(H,12,15). The Morgan fingerprint density at radius 2 is 2.00 bits per heavy atom. The molecule has 1 aliphatic rings. The lowest BCUT2D eigenvalue weighted by Gasteiger charge is -2.12. The molecule has 2 rings (SSSR count). The third kappa shape index (κ3) is 1.90. The molecule has 78 valence electrons. The molecule has 1 aromatic rings. The number of hydrogen-bond donors (Lipinski definition) is 3. The van der Waals surface area contributed by atoms with Gasteiger partial charge in [0, 0.05) is 18.4 Å². The van der Waals surface area contributed by atoms with Gasteiger partial charge in [0.2, 0.25) is 5.91 Å². The Kier molecular flexibility index (Phi) is 2.29. The molecule has 1 aliphatic heterocycles. The molecule has 0 saturated heterocycles. The van der Waals surface area contributed by atoms with E-state index in [0.717, 1.165) is 0 Å². The molecular weight excluding hydrogens is 196 g/mol. The highest BCUT2D eigenvalue weighted by Crippen LogP contribution is 2.26. The Morgan fingerprint density at radius 1 is 1.20 bits per heavy atom. The molecule has 3 N–H and O–H groups in total. The average Bonchev–Trinajstić information content (AvgIpc) is 2.23. The summed E-state index contributed by atoms with van der Waals surface area (Å²) in [6, 6.07) is 4.46. The van der Waals surface area contributed by atoms with Crippen molar-refractivity contribution in [1.82, 2.24) is 5.43 Å². The second kappa shape index (κ2) is 3.61. The molecule has 0 radical (unpaired) electrons. The highest BCUT2D eigenvalue weighted by Gasteiger charge is 2.14. The number of phenolic OH excluding ortho intramolecular Hbond substituents is 2. The van der Waals surface area contributed by atoms with Gasteiger partial charge in [0.05, 0.1) is 5.71 Å². The van der Waals surface area contributed by atoms with Crippen molar-refractivity contribution < 1.29 is 15.0 Å². The van der Waals surface area contributed by atoms with Crippen LogP contribution >= 0.6 is 0 Å². The van der Waals surface area contributed by atoms with Gasteiger partial charge in [-0.25, -0.2) is 5.43 Å². The number of aromatic hydroxyl groups is 2. The van der Waals surface area contributed by atoms with Gasteiger partial charge in [0.1, 0.15) is 0 Å². The summed E-state index contributed by atoms with van der Waals surface area (Å²) in [5.74, 6) is -0.465. The topological polar surface area (TPSA) is 81.9 Å². The van der Waals surface area contributed by atoms with Crippen LogP contribution in [0.4, 0.5) is 0 Å². The van der Waals surface area contributed by atoms with Crippen molar-refractivity contribution in [3.05, 3.63) is 23.8 Å². The number of carbonyl (C=O) groups excluding carboxylic acids is 1. The van der Waals surface area contributed by atoms with Crippen LogP contribution in [0.5, 0.6) is 11.5 Å². The van der Waals surface area contributed by atoms with Crippen molar-refractivity contribution in [2.75, 3.05) is 0 Å². The number of phenols is 2. The zero-order valence-electron chi connectivity index (χ0n) is 7.90. The number of hydrazone groups is 1. The van der Waals surface area contributed by atoms with E-state index in [9.17, 15) is 9.90 Å². The maximum absolute atomic E-state index is 10.9. The molecule has 15 heavy (non-hydrogen) atoms. The molecule has 0 aromatic heterocycles. The van der Waals surface area contributed by atoms with E-state index in [2.05, 4.69) is 10.5 Å². The summed E-state index contributed by atoms with van der Waals surface area (Å²) in [6.45, 7) is 0. The maximum Gasteiger partial charge on any atom is 0.240 e. The van der Waals surface area contributed by atoms with Gasteiger partial charge in [-0.05, 0) is 18.2 Å². The number of amides is 1. The quantitative estimate of drug-likeness (QED) is 0.592. The number of nitrogens with one attached hydrogen (secondary N) is 1. The van der Waals surface area contributed by atoms with E-state index in [1.54, 1.807) is 6.07 Å². The van der Waals surface area contributed by atoms with Crippen molar-refractivity contribution in [1.29, 1.82) is 0 Å². The summed E-state index contributed by atoms with van der Waals surface area (Å²) in [6.07, 6.45) is 0.927. The van der Waals surface area contributed by atoms with Gasteiger partial charge < -0.3 is 10.2 Å². The fraction of sp³-hybridized carbons (Fsp3) is 0.200. The minimum absolute atomic E-state index is 0.109. The molecular formula is C10H10N2O3. The number of hydrogen-bond acceptors (Lipinski definition) is 4. The monoisotopic (exact) mass is 206 g/mol. The van der Waals surface area contributed by atoms with Crippen LogP contribution in [-0.2, 0) is 4.79 Å². The Balaban J connectivity index is 2.30. The van der Waals surface area contributed by atoms with Crippen LogP contribution in [-0.4, -0.2) is 21.8 Å². The van der Waals surface area contributed by atoms with Crippen molar-refractivity contribution in [2.45, 2.75) is 12.8 Å². The molecule has 1 heterocycles. The highest BCUT2D eigenvalue weighted by atomic mass is 16.3.